The van der Waals surface area contributed by atoms with Gasteiger partial charge in [0.1, 0.15) is 23.7 Å². The van der Waals surface area contributed by atoms with Crippen molar-refractivity contribution in [3.05, 3.63) is 57.8 Å². The van der Waals surface area contributed by atoms with Gasteiger partial charge in [-0.25, -0.2) is 14.2 Å². The molecule has 3 aliphatic rings. The summed E-state index contributed by atoms with van der Waals surface area (Å²) < 4.78 is 64.5. The number of halogens is 4. The molecule has 2 N–H and O–H groups in total. The van der Waals surface area contributed by atoms with Crippen LogP contribution < -0.4 is 15.4 Å². The molecule has 1 saturated carbocycles. The highest BCUT2D eigenvalue weighted by molar-refractivity contribution is 7.16. The molecule has 0 radical (unpaired) electrons. The number of fused-ring (bicyclic) bond motifs is 2. The minimum absolute atomic E-state index is 0.0142. The summed E-state index contributed by atoms with van der Waals surface area (Å²) in [5, 5.41) is 4.63. The zero-order chi connectivity index (χ0) is 29.8. The van der Waals surface area contributed by atoms with Crippen molar-refractivity contribution in [1.82, 2.24) is 20.5 Å². The highest BCUT2D eigenvalue weighted by Gasteiger charge is 2.42. The van der Waals surface area contributed by atoms with Gasteiger partial charge in [0.2, 0.25) is 11.8 Å². The number of carbonyl (C=O) groups is 4. The van der Waals surface area contributed by atoms with Crippen molar-refractivity contribution in [2.24, 2.45) is 0 Å². The molecule has 1 saturated heterocycles. The van der Waals surface area contributed by atoms with E-state index < -0.39 is 48.1 Å². The van der Waals surface area contributed by atoms with Crippen LogP contribution in [0.1, 0.15) is 58.6 Å². The zero-order valence-corrected chi connectivity index (χ0v) is 22.4. The van der Waals surface area contributed by atoms with Crippen molar-refractivity contribution in [1.29, 1.82) is 0 Å². The van der Waals surface area contributed by atoms with Gasteiger partial charge in [0.15, 0.2) is 0 Å². The summed E-state index contributed by atoms with van der Waals surface area (Å²) in [6.07, 6.45) is -5.61. The Labute approximate surface area is 239 Å². The second kappa shape index (κ2) is 10.5. The molecule has 2 fully saturated rings. The van der Waals surface area contributed by atoms with Crippen molar-refractivity contribution in [3.8, 4) is 5.75 Å². The molecule has 0 spiro atoms. The molecule has 0 unspecified atom stereocenters. The first-order chi connectivity index (χ1) is 20.0. The highest BCUT2D eigenvalue weighted by Crippen LogP contribution is 2.47. The van der Waals surface area contributed by atoms with Gasteiger partial charge in [-0.3, -0.25) is 19.7 Å². The Morgan fingerprint density at radius 2 is 1.95 bits per heavy atom. The summed E-state index contributed by atoms with van der Waals surface area (Å²) in [6, 6.07) is 4.84. The fourth-order valence-electron chi connectivity index (χ4n) is 5.59. The maximum atomic E-state index is 15.3. The van der Waals surface area contributed by atoms with Gasteiger partial charge < -0.3 is 19.7 Å². The second-order valence-electron chi connectivity index (χ2n) is 10.2. The molecule has 1 atom stereocenters. The highest BCUT2D eigenvalue weighted by atomic mass is 32.1. The number of thiazole rings is 1. The van der Waals surface area contributed by atoms with E-state index in [0.29, 0.717) is 21.3 Å². The van der Waals surface area contributed by atoms with Gasteiger partial charge in [0.05, 0.1) is 21.3 Å². The minimum Gasteiger partial charge on any atom is -0.446 e. The molecular formula is C27H22F4N4O6S. The van der Waals surface area contributed by atoms with Crippen LogP contribution in [0.15, 0.2) is 29.8 Å². The molecule has 15 heteroatoms. The third-order valence-electron chi connectivity index (χ3n) is 7.64. The van der Waals surface area contributed by atoms with E-state index in [2.05, 4.69) is 20.4 Å². The number of hydrogen-bond acceptors (Lipinski definition) is 8. The van der Waals surface area contributed by atoms with Crippen LogP contribution in [0.25, 0.3) is 10.2 Å². The SMILES string of the molecule is O=C1CC[C@H](N2Cc3ccc(CNC(=O)OC4CC(c5c(OC(F)(F)F)ccc6scnc56)C4)c(F)c3C2=O)C(=O)N1. The van der Waals surface area contributed by atoms with Crippen LogP contribution in [0.2, 0.25) is 0 Å². The molecule has 3 heterocycles. The second-order valence-corrected chi connectivity index (χ2v) is 11.1. The van der Waals surface area contributed by atoms with Gasteiger partial charge in [0, 0.05) is 30.6 Å². The number of amides is 4. The van der Waals surface area contributed by atoms with Crippen molar-refractivity contribution >= 4 is 45.4 Å². The zero-order valence-electron chi connectivity index (χ0n) is 21.6. The third kappa shape index (κ3) is 5.24. The van der Waals surface area contributed by atoms with E-state index in [-0.39, 0.29) is 61.6 Å². The van der Waals surface area contributed by atoms with Crippen molar-refractivity contribution in [3.63, 3.8) is 0 Å². The Morgan fingerprint density at radius 1 is 1.17 bits per heavy atom. The lowest BCUT2D eigenvalue weighted by molar-refractivity contribution is -0.275. The average molecular weight is 607 g/mol. The first-order valence-electron chi connectivity index (χ1n) is 13.0. The summed E-state index contributed by atoms with van der Waals surface area (Å²) in [7, 11) is 0. The maximum absolute atomic E-state index is 15.3. The number of nitrogens with zero attached hydrogens (tertiary/aromatic N) is 2. The van der Waals surface area contributed by atoms with Gasteiger partial charge in [-0.05, 0) is 42.9 Å². The number of carbonyl (C=O) groups excluding carboxylic acids is 4. The number of benzene rings is 2. The lowest BCUT2D eigenvalue weighted by Crippen LogP contribution is -2.52. The lowest BCUT2D eigenvalue weighted by Gasteiger charge is -2.35. The molecule has 2 aliphatic heterocycles. The van der Waals surface area contributed by atoms with Gasteiger partial charge in [-0.2, -0.15) is 0 Å². The largest absolute Gasteiger partial charge is 0.573 e. The van der Waals surface area contributed by atoms with Crippen LogP contribution >= 0.6 is 11.3 Å². The summed E-state index contributed by atoms with van der Waals surface area (Å²) in [5.74, 6) is -3.26. The molecule has 220 valence electrons. The first kappa shape index (κ1) is 27.9. The Hall–Kier alpha value is -4.27. The van der Waals surface area contributed by atoms with E-state index in [1.54, 1.807) is 6.07 Å². The Bertz CT molecular complexity index is 1620. The summed E-state index contributed by atoms with van der Waals surface area (Å²) >= 11 is 1.28. The Balaban J connectivity index is 1.06. The predicted molar refractivity (Wildman–Crippen MR) is 138 cm³/mol. The predicted octanol–water partition coefficient (Wildman–Crippen LogP) is 4.27. The quantitative estimate of drug-likeness (QED) is 0.317. The molecule has 1 aliphatic carbocycles. The van der Waals surface area contributed by atoms with Crippen LogP contribution in [0.3, 0.4) is 0 Å². The van der Waals surface area contributed by atoms with E-state index in [1.165, 1.54) is 39.9 Å². The maximum Gasteiger partial charge on any atom is 0.573 e. The summed E-state index contributed by atoms with van der Waals surface area (Å²) in [4.78, 5) is 54.5. The standard InChI is InChI=1S/C27H22F4N4O6S/c28-22-12(1-2-13-10-35(25(38)21(13)22)16-3-6-19(36)34-24(16)37)9-32-26(39)40-15-7-14(8-15)20-17(41-27(29,30)31)4-5-18-23(20)33-11-42-18/h1-2,4-5,11,14-16H,3,6-10H2,(H,32,39)(H,34,36,37)/t14?,15?,16-/m0/s1. The van der Waals surface area contributed by atoms with E-state index in [1.807, 2.05) is 0 Å². The minimum atomic E-state index is -4.88. The number of aromatic nitrogens is 1. The number of alkyl carbamates (subject to hydrolysis) is 1. The van der Waals surface area contributed by atoms with Crippen LogP contribution in [-0.4, -0.2) is 52.2 Å². The van der Waals surface area contributed by atoms with Gasteiger partial charge in [-0.1, -0.05) is 12.1 Å². The van der Waals surface area contributed by atoms with E-state index >= 15 is 4.39 Å². The van der Waals surface area contributed by atoms with E-state index in [4.69, 9.17) is 4.74 Å². The molecule has 0 bridgehead atoms. The first-order valence-corrected chi connectivity index (χ1v) is 13.9. The number of rotatable bonds is 6. The summed E-state index contributed by atoms with van der Waals surface area (Å²) in [6.45, 7) is -0.276. The van der Waals surface area contributed by atoms with Crippen LogP contribution in [0.4, 0.5) is 22.4 Å². The molecule has 1 aromatic heterocycles. The van der Waals surface area contributed by atoms with Crippen LogP contribution in [0.5, 0.6) is 5.75 Å². The van der Waals surface area contributed by atoms with Crippen LogP contribution in [-0.2, 0) is 27.4 Å². The lowest BCUT2D eigenvalue weighted by atomic mass is 9.76. The Morgan fingerprint density at radius 3 is 2.69 bits per heavy atom. The van der Waals surface area contributed by atoms with E-state index in [9.17, 15) is 32.3 Å². The smallest absolute Gasteiger partial charge is 0.446 e. The third-order valence-corrected chi connectivity index (χ3v) is 8.43. The molecular weight excluding hydrogens is 584 g/mol. The normalized spacial score (nSPS) is 22.0. The van der Waals surface area contributed by atoms with E-state index in [0.717, 1.165) is 0 Å². The summed E-state index contributed by atoms with van der Waals surface area (Å²) in [5.41, 5.74) is 2.47. The van der Waals surface area contributed by atoms with Crippen molar-refractivity contribution in [2.45, 2.75) is 63.2 Å². The molecule has 2 aromatic carbocycles. The monoisotopic (exact) mass is 606 g/mol. The number of nitrogens with one attached hydrogen (secondary N) is 2. The number of alkyl halides is 3. The molecule has 10 nitrogen and oxygen atoms in total. The van der Waals surface area contributed by atoms with Gasteiger partial charge >= 0.3 is 12.5 Å². The van der Waals surface area contributed by atoms with Crippen molar-refractivity contribution < 1.29 is 46.2 Å². The van der Waals surface area contributed by atoms with Crippen molar-refractivity contribution in [2.75, 3.05) is 0 Å². The van der Waals surface area contributed by atoms with Gasteiger partial charge in [-0.15, -0.1) is 24.5 Å². The fraction of sp³-hybridized carbons (Fsp3) is 0.370. The molecule has 42 heavy (non-hydrogen) atoms. The number of ether oxygens (including phenoxy) is 2. The number of hydrogen-bond donors (Lipinski definition) is 2. The molecule has 6 rings (SSSR count). The molecule has 4 amide bonds. The Kier molecular flexibility index (Phi) is 6.99. The average Bonchev–Trinajstić information content (AvgIpc) is 3.50. The number of piperidine rings is 1. The fourth-order valence-corrected chi connectivity index (χ4v) is 6.28. The van der Waals surface area contributed by atoms with Crippen LogP contribution in [0, 0.1) is 5.82 Å². The van der Waals surface area contributed by atoms with Gasteiger partial charge in [0.25, 0.3) is 5.91 Å². The topological polar surface area (TPSA) is 127 Å². The number of imide groups is 1. The molecule has 3 aromatic rings.